The van der Waals surface area contributed by atoms with Gasteiger partial charge in [-0.05, 0) is 37.9 Å². The second-order valence-corrected chi connectivity index (χ2v) is 4.93. The summed E-state index contributed by atoms with van der Waals surface area (Å²) in [4.78, 5) is 13.2. The number of nitrogens with zero attached hydrogens (tertiary/aromatic N) is 2. The first-order valence-corrected chi connectivity index (χ1v) is 6.91. The molecule has 5 heteroatoms. The number of benzene rings is 1. The highest BCUT2D eigenvalue weighted by molar-refractivity contribution is 5.62. The number of nitro groups is 1. The predicted octanol–water partition coefficient (Wildman–Crippen LogP) is 3.01. The molecule has 0 saturated heterocycles. The van der Waals surface area contributed by atoms with Gasteiger partial charge in [-0.25, -0.2) is 0 Å². The molecule has 0 atom stereocenters. The lowest BCUT2D eigenvalue weighted by Crippen LogP contribution is -2.25. The zero-order valence-corrected chi connectivity index (χ0v) is 11.6. The van der Waals surface area contributed by atoms with Crippen molar-refractivity contribution in [3.63, 3.8) is 0 Å². The van der Waals surface area contributed by atoms with Gasteiger partial charge in [-0.15, -0.1) is 0 Å². The molecule has 0 bridgehead atoms. The fourth-order valence-electron chi connectivity index (χ4n) is 2.34. The van der Waals surface area contributed by atoms with Gasteiger partial charge < -0.3 is 5.32 Å². The molecule has 1 fully saturated rings. The van der Waals surface area contributed by atoms with E-state index in [0.717, 1.165) is 18.7 Å². The first-order valence-electron chi connectivity index (χ1n) is 6.91. The summed E-state index contributed by atoms with van der Waals surface area (Å²) in [7, 11) is 0. The van der Waals surface area contributed by atoms with Gasteiger partial charge in [-0.3, -0.25) is 15.0 Å². The van der Waals surface area contributed by atoms with Crippen molar-refractivity contribution in [2.45, 2.75) is 39.3 Å². The van der Waals surface area contributed by atoms with Crippen molar-refractivity contribution in [3.8, 4) is 0 Å². The fourth-order valence-corrected chi connectivity index (χ4v) is 2.34. The average Bonchev–Trinajstić information content (AvgIpc) is 3.21. The third kappa shape index (κ3) is 3.44. The van der Waals surface area contributed by atoms with Crippen LogP contribution in [0.2, 0.25) is 0 Å². The van der Waals surface area contributed by atoms with Gasteiger partial charge in [0.1, 0.15) is 5.69 Å². The van der Waals surface area contributed by atoms with Crippen molar-refractivity contribution >= 4 is 11.4 Å². The molecular formula is C14H21N3O2. The van der Waals surface area contributed by atoms with Crippen LogP contribution in [0.5, 0.6) is 0 Å². The van der Waals surface area contributed by atoms with Gasteiger partial charge in [0.05, 0.1) is 4.92 Å². The van der Waals surface area contributed by atoms with Crippen LogP contribution >= 0.6 is 0 Å². The van der Waals surface area contributed by atoms with Crippen molar-refractivity contribution in [2.24, 2.45) is 0 Å². The molecule has 0 aliphatic heterocycles. The van der Waals surface area contributed by atoms with E-state index in [1.807, 2.05) is 19.1 Å². The Morgan fingerprint density at radius 1 is 1.42 bits per heavy atom. The predicted molar refractivity (Wildman–Crippen MR) is 76.4 cm³/mol. The normalized spacial score (nSPS) is 14.7. The Bertz CT molecular complexity index is 458. The number of nitro benzene ring substituents is 1. The average molecular weight is 263 g/mol. The van der Waals surface area contributed by atoms with Crippen LogP contribution in [-0.2, 0) is 6.54 Å². The topological polar surface area (TPSA) is 58.4 Å². The summed E-state index contributed by atoms with van der Waals surface area (Å²) in [6.45, 7) is 6.55. The second kappa shape index (κ2) is 6.02. The Morgan fingerprint density at radius 3 is 2.68 bits per heavy atom. The van der Waals surface area contributed by atoms with E-state index in [-0.39, 0.29) is 10.6 Å². The van der Waals surface area contributed by atoms with Crippen LogP contribution in [0.4, 0.5) is 11.4 Å². The lowest BCUT2D eigenvalue weighted by atomic mass is 10.1. The molecule has 1 aromatic rings. The number of hydrogen-bond acceptors (Lipinski definition) is 4. The summed E-state index contributed by atoms with van der Waals surface area (Å²) < 4.78 is 0. The number of nitrogens with one attached hydrogen (secondary N) is 1. The third-order valence-corrected chi connectivity index (χ3v) is 3.48. The van der Waals surface area contributed by atoms with Gasteiger partial charge in [0.25, 0.3) is 5.69 Å². The van der Waals surface area contributed by atoms with Crippen LogP contribution < -0.4 is 5.32 Å². The van der Waals surface area contributed by atoms with Gasteiger partial charge in [-0.2, -0.15) is 0 Å². The molecule has 1 aliphatic rings. The largest absolute Gasteiger partial charge is 0.380 e. The van der Waals surface area contributed by atoms with Gasteiger partial charge in [0.2, 0.25) is 0 Å². The van der Waals surface area contributed by atoms with E-state index in [1.165, 1.54) is 12.8 Å². The zero-order valence-electron chi connectivity index (χ0n) is 11.6. The quantitative estimate of drug-likeness (QED) is 0.607. The van der Waals surface area contributed by atoms with Gasteiger partial charge >= 0.3 is 0 Å². The van der Waals surface area contributed by atoms with Crippen molar-refractivity contribution in [1.29, 1.82) is 0 Å². The summed E-state index contributed by atoms with van der Waals surface area (Å²) in [6.07, 6.45) is 2.51. The van der Waals surface area contributed by atoms with Gasteiger partial charge in [0, 0.05) is 25.2 Å². The Balaban J connectivity index is 2.17. The van der Waals surface area contributed by atoms with Crippen LogP contribution in [0.1, 0.15) is 32.3 Å². The maximum Gasteiger partial charge on any atom is 0.292 e. The van der Waals surface area contributed by atoms with Crippen molar-refractivity contribution in [2.75, 3.05) is 18.4 Å². The molecule has 1 aliphatic carbocycles. The first-order chi connectivity index (χ1) is 9.15. The fraction of sp³-hybridized carbons (Fsp3) is 0.571. The van der Waals surface area contributed by atoms with E-state index in [4.69, 9.17) is 0 Å². The lowest BCUT2D eigenvalue weighted by molar-refractivity contribution is -0.384. The van der Waals surface area contributed by atoms with E-state index in [1.54, 1.807) is 6.07 Å². The molecule has 0 unspecified atom stereocenters. The molecule has 0 aromatic heterocycles. The summed E-state index contributed by atoms with van der Waals surface area (Å²) in [5.74, 6) is 0. The number of rotatable bonds is 7. The minimum atomic E-state index is -0.311. The van der Waals surface area contributed by atoms with Crippen molar-refractivity contribution < 1.29 is 4.92 Å². The third-order valence-electron chi connectivity index (χ3n) is 3.48. The maximum absolute atomic E-state index is 11.1. The van der Waals surface area contributed by atoms with Crippen LogP contribution in [0, 0.1) is 10.1 Å². The van der Waals surface area contributed by atoms with E-state index in [2.05, 4.69) is 17.1 Å². The standard InChI is InChI=1S/C14H21N3O2/c1-3-15-13-8-5-11(9-14(13)17(18)19)10-16(4-2)12-6-7-12/h5,8-9,12,15H,3-4,6-7,10H2,1-2H3. The van der Waals surface area contributed by atoms with Crippen LogP contribution in [0.25, 0.3) is 0 Å². The molecule has 0 radical (unpaired) electrons. The zero-order chi connectivity index (χ0) is 13.8. The maximum atomic E-state index is 11.1. The number of anilines is 1. The smallest absolute Gasteiger partial charge is 0.292 e. The summed E-state index contributed by atoms with van der Waals surface area (Å²) in [6, 6.07) is 6.18. The van der Waals surface area contributed by atoms with E-state index >= 15 is 0 Å². The molecule has 1 aromatic carbocycles. The first kappa shape index (κ1) is 13.8. The highest BCUT2D eigenvalue weighted by Crippen LogP contribution is 2.30. The van der Waals surface area contributed by atoms with Crippen molar-refractivity contribution in [3.05, 3.63) is 33.9 Å². The minimum Gasteiger partial charge on any atom is -0.380 e. The van der Waals surface area contributed by atoms with Crippen LogP contribution in [0.3, 0.4) is 0 Å². The van der Waals surface area contributed by atoms with Gasteiger partial charge in [-0.1, -0.05) is 13.0 Å². The van der Waals surface area contributed by atoms with E-state index < -0.39 is 0 Å². The van der Waals surface area contributed by atoms with E-state index in [9.17, 15) is 10.1 Å². The Labute approximate surface area is 113 Å². The lowest BCUT2D eigenvalue weighted by Gasteiger charge is -2.19. The number of hydrogen-bond donors (Lipinski definition) is 1. The Morgan fingerprint density at radius 2 is 2.16 bits per heavy atom. The molecule has 0 heterocycles. The SMILES string of the molecule is CCNc1ccc(CN(CC)C2CC2)cc1[N+](=O)[O-]. The molecule has 2 rings (SSSR count). The van der Waals surface area contributed by atoms with E-state index in [0.29, 0.717) is 18.3 Å². The molecule has 1 saturated carbocycles. The summed E-state index contributed by atoms with van der Waals surface area (Å²) in [5, 5.41) is 14.1. The molecule has 19 heavy (non-hydrogen) atoms. The molecular weight excluding hydrogens is 242 g/mol. The molecule has 0 amide bonds. The Hall–Kier alpha value is -1.62. The van der Waals surface area contributed by atoms with Crippen LogP contribution in [0.15, 0.2) is 18.2 Å². The van der Waals surface area contributed by atoms with Gasteiger partial charge in [0.15, 0.2) is 0 Å². The Kier molecular flexibility index (Phi) is 4.37. The highest BCUT2D eigenvalue weighted by atomic mass is 16.6. The molecule has 5 nitrogen and oxygen atoms in total. The molecule has 1 N–H and O–H groups in total. The van der Waals surface area contributed by atoms with Crippen molar-refractivity contribution in [1.82, 2.24) is 4.90 Å². The highest BCUT2D eigenvalue weighted by Gasteiger charge is 2.28. The molecule has 0 spiro atoms. The molecule has 104 valence electrons. The monoisotopic (exact) mass is 263 g/mol. The second-order valence-electron chi connectivity index (χ2n) is 4.93. The summed E-state index contributed by atoms with van der Waals surface area (Å²) >= 11 is 0. The van der Waals surface area contributed by atoms with Crippen LogP contribution in [-0.4, -0.2) is 29.0 Å². The minimum absolute atomic E-state index is 0.172. The summed E-state index contributed by atoms with van der Waals surface area (Å²) in [5.41, 5.74) is 1.79.